The van der Waals surface area contributed by atoms with Crippen LogP contribution in [0.5, 0.6) is 0 Å². The van der Waals surface area contributed by atoms with Crippen molar-refractivity contribution in [1.82, 2.24) is 0 Å². The first-order valence-electron chi connectivity index (χ1n) is 19.9. The molecule has 2 fully saturated rings. The molecule has 0 aromatic carbocycles. The lowest BCUT2D eigenvalue weighted by Crippen LogP contribution is -2.63. The van der Waals surface area contributed by atoms with E-state index in [0.29, 0.717) is 6.42 Å². The Morgan fingerprint density at radius 3 is 1.76 bits per heavy atom. The van der Waals surface area contributed by atoms with Crippen LogP contribution >= 0.6 is 0 Å². The zero-order valence-corrected chi connectivity index (χ0v) is 33.6. The van der Waals surface area contributed by atoms with Crippen molar-refractivity contribution >= 4 is 35.8 Å². The highest BCUT2D eigenvalue weighted by Crippen LogP contribution is 2.49. The van der Waals surface area contributed by atoms with Crippen molar-refractivity contribution in [2.45, 2.75) is 175 Å². The van der Waals surface area contributed by atoms with Gasteiger partial charge >= 0.3 is 35.8 Å². The van der Waals surface area contributed by atoms with Gasteiger partial charge in [0.15, 0.2) is 18.3 Å². The molecule has 10 atom stereocenters. The molecule has 0 N–H and O–H groups in total. The molecular weight excluding hydrogens is 720 g/mol. The van der Waals surface area contributed by atoms with Gasteiger partial charge in [0.1, 0.15) is 18.8 Å². The van der Waals surface area contributed by atoms with E-state index in [2.05, 4.69) is 6.92 Å². The fourth-order valence-corrected chi connectivity index (χ4v) is 7.72. The molecule has 15 heteroatoms. The molecule has 0 amide bonds. The Labute approximate surface area is 324 Å². The van der Waals surface area contributed by atoms with E-state index in [1.807, 2.05) is 6.92 Å². The molecule has 1 aliphatic carbocycles. The zero-order chi connectivity index (χ0) is 40.5. The fourth-order valence-electron chi connectivity index (χ4n) is 7.72. The second-order valence-corrected chi connectivity index (χ2v) is 14.7. The lowest BCUT2D eigenvalue weighted by atomic mass is 9.83. The van der Waals surface area contributed by atoms with Crippen LogP contribution in [0.25, 0.3) is 0 Å². The van der Waals surface area contributed by atoms with Gasteiger partial charge in [-0.1, -0.05) is 84.5 Å². The molecule has 1 saturated carbocycles. The highest BCUT2D eigenvalue weighted by Gasteiger charge is 2.57. The summed E-state index contributed by atoms with van der Waals surface area (Å²) in [4.78, 5) is 74.6. The molecule has 1 saturated heterocycles. The van der Waals surface area contributed by atoms with Crippen LogP contribution in [0.15, 0.2) is 11.8 Å². The number of esters is 6. The fraction of sp³-hybridized carbons (Fsp3) is 0.800. The second kappa shape index (κ2) is 23.4. The Bertz CT molecular complexity index is 1310. The lowest BCUT2D eigenvalue weighted by Gasteiger charge is -2.46. The maximum Gasteiger partial charge on any atom is 0.337 e. The molecule has 312 valence electrons. The monoisotopic (exact) mass is 782 g/mol. The van der Waals surface area contributed by atoms with Gasteiger partial charge in [0.2, 0.25) is 12.6 Å². The highest BCUT2D eigenvalue weighted by molar-refractivity contribution is 5.89. The van der Waals surface area contributed by atoms with E-state index < -0.39 is 103 Å². The van der Waals surface area contributed by atoms with E-state index in [9.17, 15) is 28.8 Å². The van der Waals surface area contributed by atoms with Gasteiger partial charge in [-0.05, 0) is 12.8 Å². The van der Waals surface area contributed by atoms with E-state index in [-0.39, 0.29) is 18.4 Å². The first kappa shape index (κ1) is 45.7. The molecule has 2 heterocycles. The third kappa shape index (κ3) is 14.4. The maximum absolute atomic E-state index is 12.9. The van der Waals surface area contributed by atoms with E-state index in [1.54, 1.807) is 0 Å². The van der Waals surface area contributed by atoms with Crippen molar-refractivity contribution < 1.29 is 71.4 Å². The minimum atomic E-state index is -1.51. The summed E-state index contributed by atoms with van der Waals surface area (Å²) in [5.41, 5.74) is 0.223. The normalized spacial score (nSPS) is 28.5. The average Bonchev–Trinajstić information content (AvgIpc) is 3.44. The summed E-state index contributed by atoms with van der Waals surface area (Å²) in [5, 5.41) is 0. The van der Waals surface area contributed by atoms with Crippen molar-refractivity contribution in [3.8, 4) is 0 Å². The summed E-state index contributed by atoms with van der Waals surface area (Å²) < 4.78 is 51.4. The van der Waals surface area contributed by atoms with Gasteiger partial charge in [-0.3, -0.25) is 24.0 Å². The average molecular weight is 783 g/mol. The van der Waals surface area contributed by atoms with Crippen molar-refractivity contribution in [1.29, 1.82) is 0 Å². The SMILES string of the molecule is CCCCCCCCCCCCCCC(=O)OC[C@H]1O[C@@H](O[C@@H]2OC=C(C(=O)OC)[C@H]3C[C@H](OC(C)=O)[C@H](C)[C@@H]23)[C@H](OC(C)=O)[C@@H](OC(C)=O)[C@@H]1OC(C)=O. The predicted octanol–water partition coefficient (Wildman–Crippen LogP) is 5.77. The Kier molecular flexibility index (Phi) is 19.4. The molecular formula is C40H62O15. The minimum Gasteiger partial charge on any atom is -0.472 e. The van der Waals surface area contributed by atoms with Crippen LogP contribution in [0.2, 0.25) is 0 Å². The third-order valence-electron chi connectivity index (χ3n) is 10.3. The molecule has 55 heavy (non-hydrogen) atoms. The van der Waals surface area contributed by atoms with Crippen molar-refractivity contribution in [2.75, 3.05) is 13.7 Å². The number of ether oxygens (including phenoxy) is 9. The molecule has 0 unspecified atom stereocenters. The highest BCUT2D eigenvalue weighted by atomic mass is 16.8. The third-order valence-corrected chi connectivity index (χ3v) is 10.3. The second-order valence-electron chi connectivity index (χ2n) is 14.7. The number of fused-ring (bicyclic) bond motifs is 1. The van der Waals surface area contributed by atoms with Crippen LogP contribution in [0.3, 0.4) is 0 Å². The summed E-state index contributed by atoms with van der Waals surface area (Å²) in [6.45, 7) is 8.33. The summed E-state index contributed by atoms with van der Waals surface area (Å²) in [5.74, 6) is -5.43. The summed E-state index contributed by atoms with van der Waals surface area (Å²) in [6.07, 6.45) is 6.64. The van der Waals surface area contributed by atoms with E-state index >= 15 is 0 Å². The smallest absolute Gasteiger partial charge is 0.337 e. The van der Waals surface area contributed by atoms with Crippen LogP contribution in [0.1, 0.15) is 131 Å². The molecule has 3 rings (SSSR count). The van der Waals surface area contributed by atoms with Crippen molar-refractivity contribution in [2.24, 2.45) is 17.8 Å². The Morgan fingerprint density at radius 1 is 0.691 bits per heavy atom. The number of carbonyl (C=O) groups is 6. The van der Waals surface area contributed by atoms with Gasteiger partial charge in [-0.25, -0.2) is 4.79 Å². The van der Waals surface area contributed by atoms with Gasteiger partial charge in [0, 0.05) is 51.9 Å². The van der Waals surface area contributed by atoms with Crippen LogP contribution < -0.4 is 0 Å². The van der Waals surface area contributed by atoms with Crippen LogP contribution in [-0.4, -0.2) is 92.6 Å². The lowest BCUT2D eigenvalue weighted by molar-refractivity contribution is -0.345. The van der Waals surface area contributed by atoms with Gasteiger partial charge in [-0.15, -0.1) is 0 Å². The van der Waals surface area contributed by atoms with Crippen molar-refractivity contribution in [3.05, 3.63) is 11.8 Å². The quantitative estimate of drug-likeness (QED) is 0.0731. The topological polar surface area (TPSA) is 185 Å². The number of hydrogen-bond acceptors (Lipinski definition) is 15. The Hall–Kier alpha value is -3.72. The summed E-state index contributed by atoms with van der Waals surface area (Å²) >= 11 is 0. The number of unbranched alkanes of at least 4 members (excludes halogenated alkanes) is 11. The Balaban J connectivity index is 1.73. The van der Waals surface area contributed by atoms with Gasteiger partial charge in [0.05, 0.1) is 18.9 Å². The van der Waals surface area contributed by atoms with Crippen LogP contribution in [0.4, 0.5) is 0 Å². The molecule has 0 aromatic rings. The number of rotatable bonds is 22. The van der Waals surface area contributed by atoms with Gasteiger partial charge in [0.25, 0.3) is 0 Å². The molecule has 0 bridgehead atoms. The van der Waals surface area contributed by atoms with E-state index in [1.165, 1.54) is 71.7 Å². The largest absolute Gasteiger partial charge is 0.472 e. The maximum atomic E-state index is 12.9. The minimum absolute atomic E-state index is 0.168. The number of methoxy groups -OCH3 is 1. The standard InChI is InChI=1S/C40H62O15/c1-8-9-10-11-12-13-14-15-16-17-18-19-20-33(45)48-23-32-35(51-26(4)42)36(52-27(5)43)37(53-28(6)44)40(54-32)55-39-34-24(2)31(50-25(3)41)21-29(34)30(22-49-39)38(46)47-7/h22,24,29,31-32,34-37,39-40H,8-21,23H2,1-7H3/t24-,29+,31-,32+,34+,35+,36-,37+,39-,40-/m0/s1. The number of hydrogen-bond donors (Lipinski definition) is 0. The first-order chi connectivity index (χ1) is 26.3. The Morgan fingerprint density at radius 2 is 1.22 bits per heavy atom. The van der Waals surface area contributed by atoms with Crippen LogP contribution in [-0.2, 0) is 71.4 Å². The molecule has 0 radical (unpaired) electrons. The molecule has 0 aromatic heterocycles. The predicted molar refractivity (Wildman–Crippen MR) is 194 cm³/mol. The van der Waals surface area contributed by atoms with Crippen LogP contribution in [0, 0.1) is 17.8 Å². The van der Waals surface area contributed by atoms with E-state index in [4.69, 9.17) is 42.6 Å². The summed E-state index contributed by atoms with van der Waals surface area (Å²) in [6, 6.07) is 0. The van der Waals surface area contributed by atoms with E-state index in [0.717, 1.165) is 40.0 Å². The molecule has 2 aliphatic heterocycles. The summed E-state index contributed by atoms with van der Waals surface area (Å²) in [7, 11) is 1.24. The molecule has 15 nitrogen and oxygen atoms in total. The van der Waals surface area contributed by atoms with Crippen molar-refractivity contribution in [3.63, 3.8) is 0 Å². The zero-order valence-electron chi connectivity index (χ0n) is 33.6. The van der Waals surface area contributed by atoms with Gasteiger partial charge in [-0.2, -0.15) is 0 Å². The molecule has 3 aliphatic rings. The number of carbonyl (C=O) groups excluding carboxylic acids is 6. The molecule has 0 spiro atoms. The van der Waals surface area contributed by atoms with Gasteiger partial charge < -0.3 is 42.6 Å². The first-order valence-corrected chi connectivity index (χ1v) is 19.9.